The minimum atomic E-state index is -0.411. The number of thiophene rings is 1. The first kappa shape index (κ1) is 18.5. The van der Waals surface area contributed by atoms with Crippen LogP contribution in [0.4, 0.5) is 5.00 Å². The van der Waals surface area contributed by atoms with Crippen LogP contribution in [0.15, 0.2) is 40.9 Å². The Kier molecular flexibility index (Phi) is 5.61. The van der Waals surface area contributed by atoms with E-state index in [1.165, 1.54) is 23.1 Å². The molecule has 3 aromatic rings. The molecular weight excluding hydrogens is 390 g/mol. The van der Waals surface area contributed by atoms with Crippen molar-refractivity contribution >= 4 is 45.6 Å². The second-order valence-electron chi connectivity index (χ2n) is 5.37. The monoisotopic (exact) mass is 403 g/mol. The van der Waals surface area contributed by atoms with E-state index in [9.17, 15) is 4.79 Å². The Balaban J connectivity index is 1.74. The molecule has 0 saturated carbocycles. The topological polar surface area (TPSA) is 83.6 Å². The fraction of sp³-hybridized carbons (Fsp3) is 0.176. The van der Waals surface area contributed by atoms with Crippen LogP contribution in [-0.2, 0) is 11.8 Å². The highest BCUT2D eigenvalue weighted by Crippen LogP contribution is 2.30. The number of aromatic nitrogens is 3. The molecule has 0 fully saturated rings. The predicted octanol–water partition coefficient (Wildman–Crippen LogP) is 4.19. The van der Waals surface area contributed by atoms with Gasteiger partial charge in [0.15, 0.2) is 11.0 Å². The zero-order valence-electron chi connectivity index (χ0n) is 13.9. The molecule has 0 aliphatic carbocycles. The second-order valence-corrected chi connectivity index (χ2v) is 8.00. The average molecular weight is 404 g/mol. The molecule has 0 saturated heterocycles. The van der Waals surface area contributed by atoms with Gasteiger partial charge in [0.25, 0.3) is 0 Å². The van der Waals surface area contributed by atoms with Crippen LogP contribution in [0.2, 0.25) is 5.02 Å². The summed E-state index contributed by atoms with van der Waals surface area (Å²) in [5, 5.41) is 23.3. The highest BCUT2D eigenvalue weighted by atomic mass is 35.5. The van der Waals surface area contributed by atoms with Gasteiger partial charge in [0.1, 0.15) is 11.1 Å². The molecule has 0 bridgehead atoms. The van der Waals surface area contributed by atoms with Crippen LogP contribution in [0, 0.1) is 11.3 Å². The molecule has 0 unspecified atom stereocenters. The van der Waals surface area contributed by atoms with E-state index < -0.39 is 5.25 Å². The molecule has 1 atom stereocenters. The molecule has 1 aromatic carbocycles. The number of nitrogens with zero attached hydrogens (tertiary/aromatic N) is 4. The maximum Gasteiger partial charge on any atom is 0.238 e. The lowest BCUT2D eigenvalue weighted by Gasteiger charge is -2.11. The van der Waals surface area contributed by atoms with Crippen molar-refractivity contribution < 1.29 is 4.79 Å². The van der Waals surface area contributed by atoms with Gasteiger partial charge in [-0.05, 0) is 30.5 Å². The third kappa shape index (κ3) is 3.75. The quantitative estimate of drug-likeness (QED) is 0.646. The fourth-order valence-corrected chi connectivity index (χ4v) is 3.99. The van der Waals surface area contributed by atoms with Crippen molar-refractivity contribution in [3.8, 4) is 17.5 Å². The summed E-state index contributed by atoms with van der Waals surface area (Å²) >= 11 is 8.84. The smallest absolute Gasteiger partial charge is 0.238 e. The molecule has 9 heteroatoms. The van der Waals surface area contributed by atoms with E-state index in [0.29, 0.717) is 26.6 Å². The molecule has 26 heavy (non-hydrogen) atoms. The van der Waals surface area contributed by atoms with E-state index in [4.69, 9.17) is 16.9 Å². The first-order valence-electron chi connectivity index (χ1n) is 7.60. The summed E-state index contributed by atoms with van der Waals surface area (Å²) in [6.45, 7) is 1.78. The molecule has 132 valence electrons. The maximum absolute atomic E-state index is 12.4. The lowest BCUT2D eigenvalue weighted by molar-refractivity contribution is -0.115. The van der Waals surface area contributed by atoms with Gasteiger partial charge in [0.05, 0.1) is 15.8 Å². The number of amides is 1. The van der Waals surface area contributed by atoms with Gasteiger partial charge in [0, 0.05) is 12.6 Å². The van der Waals surface area contributed by atoms with Crippen molar-refractivity contribution in [1.82, 2.24) is 14.8 Å². The van der Waals surface area contributed by atoms with Crippen LogP contribution in [0.1, 0.15) is 12.5 Å². The number of halogens is 1. The number of hydrogen-bond acceptors (Lipinski definition) is 6. The highest BCUT2D eigenvalue weighted by molar-refractivity contribution is 8.00. The van der Waals surface area contributed by atoms with Crippen molar-refractivity contribution in [2.75, 3.05) is 5.32 Å². The summed E-state index contributed by atoms with van der Waals surface area (Å²) in [4.78, 5) is 12.4. The van der Waals surface area contributed by atoms with Gasteiger partial charge >= 0.3 is 0 Å². The molecule has 0 radical (unpaired) electrons. The number of anilines is 1. The van der Waals surface area contributed by atoms with Gasteiger partial charge in [-0.3, -0.25) is 4.79 Å². The Labute approximate surface area is 163 Å². The summed E-state index contributed by atoms with van der Waals surface area (Å²) in [5.41, 5.74) is 1.24. The maximum atomic E-state index is 12.4. The largest absolute Gasteiger partial charge is 0.316 e. The molecule has 0 aliphatic heterocycles. The van der Waals surface area contributed by atoms with E-state index in [0.717, 1.165) is 5.56 Å². The predicted molar refractivity (Wildman–Crippen MR) is 104 cm³/mol. The van der Waals surface area contributed by atoms with Gasteiger partial charge in [-0.2, -0.15) is 5.26 Å². The fourth-order valence-electron chi connectivity index (χ4n) is 2.21. The third-order valence-corrected chi connectivity index (χ3v) is 5.92. The van der Waals surface area contributed by atoms with Crippen molar-refractivity contribution in [3.63, 3.8) is 0 Å². The number of carbonyl (C=O) groups is 1. The first-order chi connectivity index (χ1) is 12.5. The van der Waals surface area contributed by atoms with Crippen LogP contribution in [0.25, 0.3) is 11.4 Å². The lowest BCUT2D eigenvalue weighted by atomic mass is 10.2. The average Bonchev–Trinajstić information content (AvgIpc) is 3.22. The summed E-state index contributed by atoms with van der Waals surface area (Å²) < 4.78 is 1.81. The van der Waals surface area contributed by atoms with Gasteiger partial charge in [-0.15, -0.1) is 21.5 Å². The molecule has 0 spiro atoms. The van der Waals surface area contributed by atoms with Crippen LogP contribution < -0.4 is 5.32 Å². The number of benzene rings is 1. The standard InChI is InChI=1S/C17H14ClN5OS2/c1-10(15(24)20-16-11(9-19)7-8-25-16)26-17-22-21-14(23(17)2)12-5-3-4-6-13(12)18/h3-8,10H,1-2H3,(H,20,24)/t10-/m1/s1. The molecule has 1 amide bonds. The molecular formula is C17H14ClN5OS2. The highest BCUT2D eigenvalue weighted by Gasteiger charge is 2.21. The molecule has 2 heterocycles. The number of hydrogen-bond donors (Lipinski definition) is 1. The minimum absolute atomic E-state index is 0.198. The van der Waals surface area contributed by atoms with Crippen LogP contribution in [0.3, 0.4) is 0 Å². The van der Waals surface area contributed by atoms with Crippen molar-refractivity contribution in [3.05, 3.63) is 46.3 Å². The number of rotatable bonds is 5. The lowest BCUT2D eigenvalue weighted by Crippen LogP contribution is -2.22. The van der Waals surface area contributed by atoms with E-state index in [1.807, 2.05) is 29.8 Å². The Morgan fingerprint density at radius 1 is 1.38 bits per heavy atom. The summed E-state index contributed by atoms with van der Waals surface area (Å²) in [5.74, 6) is 0.437. The van der Waals surface area contributed by atoms with Gasteiger partial charge < -0.3 is 9.88 Å². The first-order valence-corrected chi connectivity index (χ1v) is 9.74. The van der Waals surface area contributed by atoms with Crippen LogP contribution >= 0.6 is 34.7 Å². The Morgan fingerprint density at radius 2 is 2.15 bits per heavy atom. The number of carbonyl (C=O) groups excluding carboxylic acids is 1. The second kappa shape index (κ2) is 7.91. The van der Waals surface area contributed by atoms with Crippen molar-refractivity contribution in [2.24, 2.45) is 7.05 Å². The summed E-state index contributed by atoms with van der Waals surface area (Å²) in [6.07, 6.45) is 0. The van der Waals surface area contributed by atoms with Crippen molar-refractivity contribution in [1.29, 1.82) is 5.26 Å². The van der Waals surface area contributed by atoms with E-state index in [1.54, 1.807) is 24.4 Å². The molecule has 0 aliphatic rings. The zero-order chi connectivity index (χ0) is 18.7. The SMILES string of the molecule is C[C@@H](Sc1nnc(-c2ccccc2Cl)n1C)C(=O)Nc1sccc1C#N. The van der Waals surface area contributed by atoms with Crippen LogP contribution in [-0.4, -0.2) is 25.9 Å². The molecule has 2 aromatic heterocycles. The van der Waals surface area contributed by atoms with Crippen molar-refractivity contribution in [2.45, 2.75) is 17.3 Å². The van der Waals surface area contributed by atoms with Crippen LogP contribution in [0.5, 0.6) is 0 Å². The summed E-state index contributed by atoms with van der Waals surface area (Å²) in [6, 6.07) is 11.1. The minimum Gasteiger partial charge on any atom is -0.316 e. The Hall–Kier alpha value is -2.34. The van der Waals surface area contributed by atoms with E-state index in [-0.39, 0.29) is 5.91 Å². The van der Waals surface area contributed by atoms with E-state index in [2.05, 4.69) is 21.6 Å². The molecule has 3 rings (SSSR count). The normalized spacial score (nSPS) is 11.8. The summed E-state index contributed by atoms with van der Waals surface area (Å²) in [7, 11) is 1.83. The number of nitriles is 1. The van der Waals surface area contributed by atoms with Gasteiger partial charge in [-0.1, -0.05) is 35.5 Å². The number of nitrogens with one attached hydrogen (secondary N) is 1. The Morgan fingerprint density at radius 3 is 2.88 bits per heavy atom. The Bertz CT molecular complexity index is 991. The number of thioether (sulfide) groups is 1. The molecule has 1 N–H and O–H groups in total. The zero-order valence-corrected chi connectivity index (χ0v) is 16.3. The third-order valence-electron chi connectivity index (χ3n) is 3.62. The van der Waals surface area contributed by atoms with Gasteiger partial charge in [-0.25, -0.2) is 0 Å². The van der Waals surface area contributed by atoms with E-state index >= 15 is 0 Å². The van der Waals surface area contributed by atoms with Gasteiger partial charge in [0.2, 0.25) is 5.91 Å². The molecule has 6 nitrogen and oxygen atoms in total.